The van der Waals surface area contributed by atoms with E-state index in [0.717, 1.165) is 6.42 Å². The SMILES string of the molecule is CCCCC(Cl)(C#CC=O)[N+](=O)[O-]. The molecule has 0 rings (SSSR count). The first-order valence-corrected chi connectivity index (χ1v) is 4.24. The number of carbonyl (C=O) groups is 1. The second-order valence-corrected chi connectivity index (χ2v) is 3.13. The van der Waals surface area contributed by atoms with Crippen molar-refractivity contribution in [2.75, 3.05) is 0 Å². The van der Waals surface area contributed by atoms with Crippen molar-refractivity contribution in [3.8, 4) is 11.8 Å². The van der Waals surface area contributed by atoms with Gasteiger partial charge in [0.15, 0.2) is 6.29 Å². The molecule has 5 heteroatoms. The van der Waals surface area contributed by atoms with Gasteiger partial charge in [0.05, 0.1) is 4.92 Å². The molecule has 4 nitrogen and oxygen atoms in total. The number of halogens is 1. The van der Waals surface area contributed by atoms with Crippen molar-refractivity contribution in [3.63, 3.8) is 0 Å². The molecule has 0 heterocycles. The van der Waals surface area contributed by atoms with E-state index in [9.17, 15) is 14.9 Å². The molecule has 0 aromatic carbocycles. The fraction of sp³-hybridized carbons (Fsp3) is 0.625. The first-order chi connectivity index (χ1) is 6.06. The third kappa shape index (κ3) is 3.90. The van der Waals surface area contributed by atoms with E-state index in [1.54, 1.807) is 0 Å². The van der Waals surface area contributed by atoms with Crippen molar-refractivity contribution < 1.29 is 9.72 Å². The van der Waals surface area contributed by atoms with E-state index < -0.39 is 9.92 Å². The van der Waals surface area contributed by atoms with Crippen molar-refractivity contribution >= 4 is 17.9 Å². The van der Waals surface area contributed by atoms with Crippen molar-refractivity contribution in [2.45, 2.75) is 31.2 Å². The van der Waals surface area contributed by atoms with Crippen LogP contribution in [0.25, 0.3) is 0 Å². The van der Waals surface area contributed by atoms with Gasteiger partial charge in [0.1, 0.15) is 0 Å². The summed E-state index contributed by atoms with van der Waals surface area (Å²) in [6, 6.07) is 0. The number of aldehydes is 1. The fourth-order valence-electron chi connectivity index (χ4n) is 0.751. The standard InChI is InChI=1S/C8H10ClNO3/c1-2-3-5-8(9,10(12)13)6-4-7-11/h7H,2-3,5H2,1H3. The Kier molecular flexibility index (Phi) is 5.09. The van der Waals surface area contributed by atoms with Gasteiger partial charge >= 0.3 is 5.00 Å². The van der Waals surface area contributed by atoms with E-state index in [-0.39, 0.29) is 6.42 Å². The van der Waals surface area contributed by atoms with Crippen molar-refractivity contribution in [2.24, 2.45) is 0 Å². The van der Waals surface area contributed by atoms with E-state index in [4.69, 9.17) is 11.6 Å². The van der Waals surface area contributed by atoms with E-state index in [1.165, 1.54) is 0 Å². The number of nitro groups is 1. The summed E-state index contributed by atoms with van der Waals surface area (Å²) in [6.07, 6.45) is 1.86. The molecule has 0 amide bonds. The molecule has 1 atom stereocenters. The Morgan fingerprint density at radius 1 is 1.69 bits per heavy atom. The summed E-state index contributed by atoms with van der Waals surface area (Å²) in [6.45, 7) is 1.89. The van der Waals surface area contributed by atoms with Gasteiger partial charge in [-0.2, -0.15) is 0 Å². The topological polar surface area (TPSA) is 60.2 Å². The molecule has 0 saturated heterocycles. The number of unbranched alkanes of at least 4 members (excludes halogenated alkanes) is 1. The molecule has 0 N–H and O–H groups in total. The zero-order valence-corrected chi connectivity index (χ0v) is 8.00. The largest absolute Gasteiger partial charge is 0.356 e. The predicted octanol–water partition coefficient (Wildman–Crippen LogP) is 1.59. The maximum atomic E-state index is 10.5. The molecule has 0 fully saturated rings. The Balaban J connectivity index is 4.52. The zero-order chi connectivity index (χ0) is 10.3. The minimum Gasteiger partial charge on any atom is -0.289 e. The van der Waals surface area contributed by atoms with Gasteiger partial charge in [-0.25, -0.2) is 0 Å². The summed E-state index contributed by atoms with van der Waals surface area (Å²) in [5, 5.41) is 10.5. The van der Waals surface area contributed by atoms with Crippen molar-refractivity contribution in [1.82, 2.24) is 0 Å². The summed E-state index contributed by atoms with van der Waals surface area (Å²) in [5.41, 5.74) is 0. The maximum Gasteiger partial charge on any atom is 0.356 e. The fourth-order valence-corrected chi connectivity index (χ4v) is 0.939. The van der Waals surface area contributed by atoms with Crippen LogP contribution in [0.5, 0.6) is 0 Å². The van der Waals surface area contributed by atoms with Crippen molar-refractivity contribution in [3.05, 3.63) is 10.1 Å². The minimum absolute atomic E-state index is 0.152. The van der Waals surface area contributed by atoms with Gasteiger partial charge in [0.25, 0.3) is 0 Å². The summed E-state index contributed by atoms with van der Waals surface area (Å²) in [4.78, 5) is 17.9. The van der Waals surface area contributed by atoms with E-state index >= 15 is 0 Å². The van der Waals surface area contributed by atoms with Crippen LogP contribution in [-0.4, -0.2) is 16.2 Å². The quantitative estimate of drug-likeness (QED) is 0.174. The number of rotatable bonds is 4. The molecule has 72 valence electrons. The third-order valence-corrected chi connectivity index (χ3v) is 1.90. The first-order valence-electron chi connectivity index (χ1n) is 3.86. The van der Waals surface area contributed by atoms with Crippen molar-refractivity contribution in [1.29, 1.82) is 0 Å². The van der Waals surface area contributed by atoms with Gasteiger partial charge in [-0.3, -0.25) is 14.9 Å². The molecule has 0 radical (unpaired) electrons. The molecule has 0 aliphatic carbocycles. The Bertz CT molecular complexity index is 256. The molecule has 0 aromatic rings. The third-order valence-electron chi connectivity index (χ3n) is 1.47. The number of nitrogens with zero attached hydrogens (tertiary/aromatic N) is 1. The van der Waals surface area contributed by atoms with Gasteiger partial charge in [-0.05, 0) is 23.9 Å². The molecule has 0 spiro atoms. The number of hydrogen-bond donors (Lipinski definition) is 0. The lowest BCUT2D eigenvalue weighted by Crippen LogP contribution is -2.29. The predicted molar refractivity (Wildman–Crippen MR) is 48.9 cm³/mol. The normalized spacial score (nSPS) is 13.7. The molecule has 1 unspecified atom stereocenters. The molecule has 0 bridgehead atoms. The molecule has 0 aromatic heterocycles. The highest BCUT2D eigenvalue weighted by Gasteiger charge is 2.37. The first kappa shape index (κ1) is 11.9. The lowest BCUT2D eigenvalue weighted by Gasteiger charge is -2.10. The second-order valence-electron chi connectivity index (χ2n) is 2.51. The van der Waals surface area contributed by atoms with Crippen LogP contribution in [0.15, 0.2) is 0 Å². The van der Waals surface area contributed by atoms with Gasteiger partial charge < -0.3 is 0 Å². The van der Waals surface area contributed by atoms with Crippen LogP contribution in [0.3, 0.4) is 0 Å². The van der Waals surface area contributed by atoms with Crippen LogP contribution in [0.1, 0.15) is 26.2 Å². The van der Waals surface area contributed by atoms with Crippen LogP contribution in [0, 0.1) is 22.0 Å². The Morgan fingerprint density at radius 2 is 2.31 bits per heavy atom. The van der Waals surface area contributed by atoms with Gasteiger partial charge in [-0.1, -0.05) is 13.3 Å². The Labute approximate surface area is 81.4 Å². The second kappa shape index (κ2) is 5.55. The van der Waals surface area contributed by atoms with Gasteiger partial charge in [-0.15, -0.1) is 0 Å². The van der Waals surface area contributed by atoms with Crippen LogP contribution in [-0.2, 0) is 4.79 Å². The molecular weight excluding hydrogens is 194 g/mol. The highest BCUT2D eigenvalue weighted by molar-refractivity contribution is 6.24. The van der Waals surface area contributed by atoms with Gasteiger partial charge in [0, 0.05) is 12.3 Å². The number of hydrogen-bond acceptors (Lipinski definition) is 3. The summed E-state index contributed by atoms with van der Waals surface area (Å²) < 4.78 is 0. The number of carbonyl (C=O) groups excluding carboxylic acids is 1. The summed E-state index contributed by atoms with van der Waals surface area (Å²) in [5.74, 6) is 4.10. The molecule has 13 heavy (non-hydrogen) atoms. The lowest BCUT2D eigenvalue weighted by molar-refractivity contribution is -0.525. The van der Waals surface area contributed by atoms with Crippen LogP contribution in [0.4, 0.5) is 0 Å². The summed E-state index contributed by atoms with van der Waals surface area (Å²) in [7, 11) is 0. The van der Waals surface area contributed by atoms with E-state index in [2.05, 4.69) is 5.92 Å². The van der Waals surface area contributed by atoms with Crippen LogP contribution >= 0.6 is 11.6 Å². The average molecular weight is 204 g/mol. The maximum absolute atomic E-state index is 10.5. The molecule has 0 aliphatic heterocycles. The van der Waals surface area contributed by atoms with Gasteiger partial charge in [0.2, 0.25) is 0 Å². The zero-order valence-electron chi connectivity index (χ0n) is 7.25. The van der Waals surface area contributed by atoms with E-state index in [0.29, 0.717) is 12.7 Å². The monoisotopic (exact) mass is 203 g/mol. The summed E-state index contributed by atoms with van der Waals surface area (Å²) >= 11 is 5.60. The van der Waals surface area contributed by atoms with E-state index in [1.807, 2.05) is 12.8 Å². The minimum atomic E-state index is -1.79. The Morgan fingerprint density at radius 3 is 2.69 bits per heavy atom. The molecular formula is C8H10ClNO3. The van der Waals surface area contributed by atoms with Crippen LogP contribution < -0.4 is 0 Å². The highest BCUT2D eigenvalue weighted by Crippen LogP contribution is 2.22. The number of alkyl halides is 1. The molecule has 0 aliphatic rings. The highest BCUT2D eigenvalue weighted by atomic mass is 35.5. The average Bonchev–Trinajstić information content (AvgIpc) is 2.11. The smallest absolute Gasteiger partial charge is 0.289 e. The Hall–Kier alpha value is -1.08. The lowest BCUT2D eigenvalue weighted by atomic mass is 10.1. The van der Waals surface area contributed by atoms with Crippen LogP contribution in [0.2, 0.25) is 0 Å². The molecule has 0 saturated carbocycles.